The van der Waals surface area contributed by atoms with Crippen molar-refractivity contribution in [2.45, 2.75) is 172 Å². The maximum absolute atomic E-state index is 12.9. The van der Waals surface area contributed by atoms with Gasteiger partial charge in [-0.3, -0.25) is 23.2 Å². The van der Waals surface area contributed by atoms with Crippen molar-refractivity contribution in [3.05, 3.63) is 132 Å². The number of esters is 2. The van der Waals surface area contributed by atoms with Crippen LogP contribution in [0.1, 0.15) is 129 Å². The fraction of sp³-hybridized carbons (Fsp3) is 0.556. The summed E-state index contributed by atoms with van der Waals surface area (Å²) < 4.78 is 56.5. The summed E-state index contributed by atoms with van der Waals surface area (Å²) >= 11 is 0. The van der Waals surface area contributed by atoms with Crippen molar-refractivity contribution in [2.75, 3.05) is 25.6 Å². The highest BCUT2D eigenvalue weighted by Gasteiger charge is 2.46. The number of carbonyl (C=O) groups excluding carboxylic acids is 2. The number of aliphatic hydroxyl groups excluding tert-OH is 5. The van der Waals surface area contributed by atoms with Crippen LogP contribution in [0.2, 0.25) is 0 Å². The monoisotopic (exact) mass is 1120 g/mol. The van der Waals surface area contributed by atoms with Gasteiger partial charge in [0.2, 0.25) is 0 Å². The van der Waals surface area contributed by atoms with Crippen molar-refractivity contribution in [1.82, 2.24) is 9.55 Å². The third-order valence-electron chi connectivity index (χ3n) is 11.2. The molecule has 1 aromatic heterocycles. The Morgan fingerprint density at radius 3 is 1.96 bits per heavy atom. The summed E-state index contributed by atoms with van der Waals surface area (Å²) in [6.45, 7) is 1.56. The van der Waals surface area contributed by atoms with Crippen molar-refractivity contribution in [3.63, 3.8) is 0 Å². The maximum atomic E-state index is 12.9. The highest BCUT2D eigenvalue weighted by Crippen LogP contribution is 2.60. The minimum Gasteiger partial charge on any atom is -0.462 e. The lowest BCUT2D eigenvalue weighted by atomic mass is 10.1. The van der Waals surface area contributed by atoms with Gasteiger partial charge in [-0.15, -0.1) is 0 Å². The van der Waals surface area contributed by atoms with Gasteiger partial charge in [-0.05, 0) is 76.7 Å². The second kappa shape index (κ2) is 40.5. The Kier molecular flexibility index (Phi) is 36.0. The number of nitrogens with zero attached hydrogens (tertiary/aromatic N) is 2. The number of anilines is 1. The number of phosphoric acid groups is 2. The minimum atomic E-state index is -5.52. The molecule has 0 amide bonds. The Balaban J connectivity index is 1.90. The molecule has 23 heteroatoms. The van der Waals surface area contributed by atoms with E-state index in [0.29, 0.717) is 19.3 Å². The maximum Gasteiger partial charge on any atom is 0.481 e. The predicted octanol–water partition coefficient (Wildman–Crippen LogP) is 7.91. The van der Waals surface area contributed by atoms with E-state index in [9.17, 15) is 58.8 Å². The quantitative estimate of drug-likeness (QED) is 0.0101. The average molecular weight is 1120 g/mol. The van der Waals surface area contributed by atoms with Crippen LogP contribution in [0.5, 0.6) is 0 Å². The topological polar surface area (TPSA) is 326 Å². The molecular weight excluding hydrogens is 1040 g/mol. The van der Waals surface area contributed by atoms with Crippen molar-refractivity contribution in [3.8, 4) is 0 Å². The molecule has 0 saturated carbocycles. The van der Waals surface area contributed by atoms with Crippen LogP contribution in [-0.2, 0) is 46.3 Å². The highest BCUT2D eigenvalue weighted by molar-refractivity contribution is 7.61. The van der Waals surface area contributed by atoms with Crippen molar-refractivity contribution < 1.29 is 81.6 Å². The first kappa shape index (κ1) is 68.4. The van der Waals surface area contributed by atoms with E-state index in [1.54, 1.807) is 42.5 Å². The number of unbranched alkanes of at least 4 members (excludes halogenated alkanes) is 5. The van der Waals surface area contributed by atoms with Gasteiger partial charge in [-0.1, -0.05) is 149 Å². The van der Waals surface area contributed by atoms with Gasteiger partial charge in [0.1, 0.15) is 30.7 Å². The molecule has 1 fully saturated rings. The van der Waals surface area contributed by atoms with Crippen LogP contribution in [0, 0.1) is 0 Å². The van der Waals surface area contributed by atoms with Gasteiger partial charge < -0.3 is 55.3 Å². The molecule has 0 radical (unpaired) electrons. The van der Waals surface area contributed by atoms with E-state index >= 15 is 0 Å². The molecule has 1 aromatic rings. The SMILES string of the molecule is CC/C=C\C/C=C\C/C=C\C/C=C\C/C=C\CCCCCC(=O)O[C@H](COC(=O)CCC[C@@H](O)[C@H](O)/C=C/C=C/C=C\C=C\[C@H](O)CCCCC)COP(=O)(O)OP(=O)(O)OC[C@H]1O[C@@H](n2ccc(N)nc2=O)[C@H](O)[C@@H]1O. The van der Waals surface area contributed by atoms with E-state index in [-0.39, 0.29) is 31.5 Å². The van der Waals surface area contributed by atoms with Crippen LogP contribution in [0.3, 0.4) is 0 Å². The molecular formula is C54H83N3O18P2. The molecule has 1 aliphatic rings. The van der Waals surface area contributed by atoms with Crippen molar-refractivity contribution >= 4 is 33.4 Å². The molecule has 432 valence electrons. The number of nitrogens with two attached hydrogens (primary N) is 1. The molecule has 2 rings (SSSR count). The number of aliphatic hydroxyl groups is 5. The van der Waals surface area contributed by atoms with E-state index in [4.69, 9.17) is 29.0 Å². The molecule has 0 spiro atoms. The number of phosphoric ester groups is 2. The largest absolute Gasteiger partial charge is 0.481 e. The summed E-state index contributed by atoms with van der Waals surface area (Å²) in [5, 5.41) is 51.6. The van der Waals surface area contributed by atoms with Crippen LogP contribution < -0.4 is 11.4 Å². The summed E-state index contributed by atoms with van der Waals surface area (Å²) in [5.41, 5.74) is 4.55. The molecule has 77 heavy (non-hydrogen) atoms. The zero-order valence-corrected chi connectivity index (χ0v) is 46.1. The van der Waals surface area contributed by atoms with Gasteiger partial charge in [-0.25, -0.2) is 13.9 Å². The second-order valence-electron chi connectivity index (χ2n) is 17.9. The fourth-order valence-electron chi connectivity index (χ4n) is 7.02. The number of hydrogen-bond donors (Lipinski definition) is 8. The van der Waals surface area contributed by atoms with Crippen LogP contribution in [0.15, 0.2) is 126 Å². The Morgan fingerprint density at radius 2 is 1.32 bits per heavy atom. The summed E-state index contributed by atoms with van der Waals surface area (Å²) in [5.74, 6) is -1.70. The van der Waals surface area contributed by atoms with E-state index in [1.807, 2.05) is 0 Å². The zero-order valence-electron chi connectivity index (χ0n) is 44.3. The third-order valence-corrected chi connectivity index (χ3v) is 13.8. The normalized spacial score (nSPS) is 20.7. The molecule has 1 aliphatic heterocycles. The molecule has 10 atom stereocenters. The van der Waals surface area contributed by atoms with Crippen LogP contribution in [-0.4, -0.2) is 119 Å². The fourth-order valence-corrected chi connectivity index (χ4v) is 9.13. The lowest BCUT2D eigenvalue weighted by molar-refractivity contribution is -0.161. The average Bonchev–Trinajstić information content (AvgIpc) is 3.66. The predicted molar refractivity (Wildman–Crippen MR) is 292 cm³/mol. The molecule has 2 heterocycles. The first-order valence-electron chi connectivity index (χ1n) is 26.2. The standard InChI is InChI=1S/C54H83N3O18P2/c1-3-5-7-8-9-10-11-12-13-14-15-16-17-18-19-20-21-26-30-36-50(62)73-44(40-70-49(61)37-31-35-46(60)45(59)34-29-25-23-22-24-28-33-43(58)32-27-6-4-2)41-71-76(66,67)75-77(68,69)72-42-47-51(63)52(64)53(74-47)57-39-38-48(55)56-54(57)65/h5,7,9-10,12-13,15-16,18-19,22-25,28-29,33-34,38-39,43-47,51-53,58-60,63-64H,3-4,6,8,11,14,17,20-21,26-27,30-32,35-37,40-42H2,1-2H3,(H,66,67)(H,68,69)(H2,55,56,65)/b7-5-,10-9-,13-12-,16-15-,19-18-,24-22-,25-23+,33-28+,34-29+/t43-,44-,45-,46-,47-,51-,52-,53-/m1/s1. The molecule has 1 saturated heterocycles. The number of nitrogen functional groups attached to an aromatic ring is 1. The number of allylic oxidation sites excluding steroid dienone is 16. The first-order chi connectivity index (χ1) is 36.9. The van der Waals surface area contributed by atoms with E-state index in [1.165, 1.54) is 12.1 Å². The second-order valence-corrected chi connectivity index (χ2v) is 20.9. The molecule has 0 bridgehead atoms. The van der Waals surface area contributed by atoms with Gasteiger partial charge in [0.05, 0.1) is 31.5 Å². The zero-order chi connectivity index (χ0) is 56.7. The lowest BCUT2D eigenvalue weighted by Crippen LogP contribution is -2.36. The van der Waals surface area contributed by atoms with E-state index in [0.717, 1.165) is 75.0 Å². The molecule has 21 nitrogen and oxygen atoms in total. The lowest BCUT2D eigenvalue weighted by Gasteiger charge is -2.21. The molecule has 0 aromatic carbocycles. The molecule has 2 unspecified atom stereocenters. The number of aromatic nitrogens is 2. The highest BCUT2D eigenvalue weighted by atomic mass is 31.3. The van der Waals surface area contributed by atoms with Crippen LogP contribution >= 0.6 is 15.6 Å². The number of ether oxygens (including phenoxy) is 3. The first-order valence-corrected chi connectivity index (χ1v) is 29.2. The van der Waals surface area contributed by atoms with Crippen LogP contribution in [0.25, 0.3) is 0 Å². The Bertz CT molecular complexity index is 2280. The summed E-state index contributed by atoms with van der Waals surface area (Å²) in [6, 6.07) is 1.22. The number of hydrogen-bond acceptors (Lipinski definition) is 18. The number of carbonyl (C=O) groups is 2. The summed E-state index contributed by atoms with van der Waals surface area (Å²) in [4.78, 5) is 62.0. The molecule has 0 aliphatic carbocycles. The van der Waals surface area contributed by atoms with Gasteiger partial charge in [0.25, 0.3) is 0 Å². The van der Waals surface area contributed by atoms with Gasteiger partial charge in [-0.2, -0.15) is 9.29 Å². The smallest absolute Gasteiger partial charge is 0.462 e. The van der Waals surface area contributed by atoms with Gasteiger partial charge in [0.15, 0.2) is 12.3 Å². The Hall–Kier alpha value is -4.70. The Labute approximate surface area is 452 Å². The van der Waals surface area contributed by atoms with Crippen molar-refractivity contribution in [2.24, 2.45) is 0 Å². The Morgan fingerprint density at radius 1 is 0.727 bits per heavy atom. The van der Waals surface area contributed by atoms with E-state index in [2.05, 4.69) is 83.9 Å². The van der Waals surface area contributed by atoms with Crippen LogP contribution in [0.4, 0.5) is 5.82 Å². The summed E-state index contributed by atoms with van der Waals surface area (Å²) in [6.07, 6.45) is 35.2. The summed E-state index contributed by atoms with van der Waals surface area (Å²) in [7, 11) is -11.0. The van der Waals surface area contributed by atoms with E-state index < -0.39 is 102 Å². The third kappa shape index (κ3) is 32.7. The molecule has 9 N–H and O–H groups in total. The van der Waals surface area contributed by atoms with Crippen molar-refractivity contribution in [1.29, 1.82) is 0 Å². The number of rotatable bonds is 41. The van der Waals surface area contributed by atoms with Gasteiger partial charge in [0, 0.05) is 19.0 Å². The minimum absolute atomic E-state index is 0.000380. The van der Waals surface area contributed by atoms with Gasteiger partial charge >= 0.3 is 33.3 Å².